The van der Waals surface area contributed by atoms with Gasteiger partial charge in [0.1, 0.15) is 17.3 Å². The number of para-hydroxylation sites is 1. The topological polar surface area (TPSA) is 61.7 Å². The van der Waals surface area contributed by atoms with Crippen LogP contribution in [0.1, 0.15) is 32.1 Å². The number of anilines is 1. The fourth-order valence-corrected chi connectivity index (χ4v) is 2.42. The van der Waals surface area contributed by atoms with Gasteiger partial charge in [0.05, 0.1) is 18.8 Å². The second-order valence-electron chi connectivity index (χ2n) is 5.21. The van der Waals surface area contributed by atoms with E-state index in [1.54, 1.807) is 12.1 Å². The minimum Gasteiger partial charge on any atom is -0.488 e. The summed E-state index contributed by atoms with van der Waals surface area (Å²) < 4.78 is 19.8. The molecule has 0 aliphatic heterocycles. The predicted octanol–water partition coefficient (Wildman–Crippen LogP) is 2.30. The highest BCUT2D eigenvalue weighted by atomic mass is 19.1. The largest absolute Gasteiger partial charge is 0.488 e. The summed E-state index contributed by atoms with van der Waals surface area (Å²) in [5.74, 6) is 0.0606. The number of aliphatic hydroxyl groups is 2. The van der Waals surface area contributed by atoms with Crippen LogP contribution >= 0.6 is 0 Å². The molecule has 0 amide bonds. The molecule has 1 aliphatic carbocycles. The Morgan fingerprint density at radius 2 is 2.05 bits per heavy atom. The Bertz CT molecular complexity index is 422. The van der Waals surface area contributed by atoms with Crippen molar-refractivity contribution < 1.29 is 19.3 Å². The molecule has 1 unspecified atom stereocenters. The van der Waals surface area contributed by atoms with Gasteiger partial charge in [-0.3, -0.25) is 0 Å². The molecule has 2 rings (SSSR count). The first-order valence-electron chi connectivity index (χ1n) is 7.18. The van der Waals surface area contributed by atoms with E-state index in [0.29, 0.717) is 5.75 Å². The molecule has 1 aromatic carbocycles. The molecule has 4 nitrogen and oxygen atoms in total. The SMILES string of the molecule is OCC(O)CNc1c(F)cccc1OC1CCCCC1. The average molecular weight is 283 g/mol. The van der Waals surface area contributed by atoms with Crippen LogP contribution < -0.4 is 10.1 Å². The zero-order valence-electron chi connectivity index (χ0n) is 11.5. The second kappa shape index (κ2) is 7.45. The van der Waals surface area contributed by atoms with Crippen LogP contribution in [0.3, 0.4) is 0 Å². The van der Waals surface area contributed by atoms with E-state index in [-0.39, 0.29) is 24.9 Å². The molecule has 0 saturated heterocycles. The number of halogens is 1. The number of hydrogen-bond donors (Lipinski definition) is 3. The Morgan fingerprint density at radius 3 is 2.75 bits per heavy atom. The number of ether oxygens (including phenoxy) is 1. The van der Waals surface area contributed by atoms with Crippen molar-refractivity contribution in [2.45, 2.75) is 44.3 Å². The van der Waals surface area contributed by atoms with E-state index in [9.17, 15) is 9.50 Å². The standard InChI is InChI=1S/C15H22FNO3/c16-13-7-4-8-14(15(13)17-9-11(19)10-18)20-12-5-2-1-3-6-12/h4,7-8,11-12,17-19H,1-3,5-6,9-10H2. The van der Waals surface area contributed by atoms with E-state index in [2.05, 4.69) is 5.32 Å². The fourth-order valence-electron chi connectivity index (χ4n) is 2.42. The first kappa shape index (κ1) is 15.1. The van der Waals surface area contributed by atoms with Crippen LogP contribution in [-0.4, -0.2) is 35.6 Å². The van der Waals surface area contributed by atoms with E-state index in [1.165, 1.54) is 12.5 Å². The molecule has 1 fully saturated rings. The normalized spacial score (nSPS) is 17.8. The van der Waals surface area contributed by atoms with Gasteiger partial charge in [-0.2, -0.15) is 0 Å². The van der Waals surface area contributed by atoms with Crippen LogP contribution in [0.5, 0.6) is 5.75 Å². The molecule has 0 radical (unpaired) electrons. The summed E-state index contributed by atoms with van der Waals surface area (Å²) in [6.07, 6.45) is 4.73. The molecule has 1 saturated carbocycles. The Morgan fingerprint density at radius 1 is 1.30 bits per heavy atom. The molecule has 20 heavy (non-hydrogen) atoms. The van der Waals surface area contributed by atoms with Crippen molar-refractivity contribution in [3.63, 3.8) is 0 Å². The molecule has 3 N–H and O–H groups in total. The molecular weight excluding hydrogens is 261 g/mol. The molecule has 112 valence electrons. The summed E-state index contributed by atoms with van der Waals surface area (Å²) in [6, 6.07) is 4.69. The lowest BCUT2D eigenvalue weighted by Crippen LogP contribution is -2.24. The predicted molar refractivity (Wildman–Crippen MR) is 75.5 cm³/mol. The monoisotopic (exact) mass is 283 g/mol. The lowest BCUT2D eigenvalue weighted by atomic mass is 9.98. The van der Waals surface area contributed by atoms with Gasteiger partial charge in [-0.25, -0.2) is 4.39 Å². The first-order valence-corrected chi connectivity index (χ1v) is 7.18. The number of hydrogen-bond acceptors (Lipinski definition) is 4. The van der Waals surface area contributed by atoms with Gasteiger partial charge in [0.15, 0.2) is 0 Å². The lowest BCUT2D eigenvalue weighted by molar-refractivity contribution is 0.105. The molecular formula is C15H22FNO3. The van der Waals surface area contributed by atoms with Crippen molar-refractivity contribution in [2.24, 2.45) is 0 Å². The van der Waals surface area contributed by atoms with E-state index in [1.807, 2.05) is 0 Å². The average Bonchev–Trinajstić information content (AvgIpc) is 2.47. The Hall–Kier alpha value is -1.33. The summed E-state index contributed by atoms with van der Waals surface area (Å²) in [7, 11) is 0. The van der Waals surface area contributed by atoms with Crippen molar-refractivity contribution in [3.05, 3.63) is 24.0 Å². The summed E-state index contributed by atoms with van der Waals surface area (Å²) in [4.78, 5) is 0. The summed E-state index contributed by atoms with van der Waals surface area (Å²) in [5.41, 5.74) is 0.255. The summed E-state index contributed by atoms with van der Waals surface area (Å²) in [5, 5.41) is 21.0. The summed E-state index contributed by atoms with van der Waals surface area (Å²) in [6.45, 7) is -0.279. The van der Waals surface area contributed by atoms with E-state index < -0.39 is 11.9 Å². The molecule has 0 aromatic heterocycles. The maximum absolute atomic E-state index is 13.9. The summed E-state index contributed by atoms with van der Waals surface area (Å²) >= 11 is 0. The van der Waals surface area contributed by atoms with Crippen molar-refractivity contribution in [3.8, 4) is 5.75 Å². The highest BCUT2D eigenvalue weighted by Gasteiger charge is 2.18. The third-order valence-corrected chi connectivity index (χ3v) is 3.55. The molecule has 1 aromatic rings. The second-order valence-corrected chi connectivity index (χ2v) is 5.21. The molecule has 5 heteroatoms. The molecule has 0 heterocycles. The van der Waals surface area contributed by atoms with Crippen LogP contribution in [0.15, 0.2) is 18.2 Å². The zero-order valence-corrected chi connectivity index (χ0v) is 11.5. The van der Waals surface area contributed by atoms with Crippen LogP contribution in [-0.2, 0) is 0 Å². The number of rotatable bonds is 6. The van der Waals surface area contributed by atoms with Crippen molar-refractivity contribution >= 4 is 5.69 Å². The number of benzene rings is 1. The van der Waals surface area contributed by atoms with Crippen molar-refractivity contribution in [1.29, 1.82) is 0 Å². The smallest absolute Gasteiger partial charge is 0.150 e. The lowest BCUT2D eigenvalue weighted by Gasteiger charge is -2.25. The van der Waals surface area contributed by atoms with Gasteiger partial charge in [-0.05, 0) is 37.8 Å². The molecule has 0 spiro atoms. The Labute approximate surface area is 118 Å². The van der Waals surface area contributed by atoms with E-state index in [4.69, 9.17) is 9.84 Å². The van der Waals surface area contributed by atoms with Gasteiger partial charge in [-0.1, -0.05) is 12.5 Å². The Balaban J connectivity index is 2.04. The van der Waals surface area contributed by atoms with Crippen LogP contribution in [0.2, 0.25) is 0 Å². The van der Waals surface area contributed by atoms with Crippen LogP contribution in [0, 0.1) is 5.82 Å². The minimum absolute atomic E-state index is 0.0818. The van der Waals surface area contributed by atoms with Crippen molar-refractivity contribution in [1.82, 2.24) is 0 Å². The Kier molecular flexibility index (Phi) is 5.61. The number of nitrogens with one attached hydrogen (secondary N) is 1. The van der Waals surface area contributed by atoms with Crippen LogP contribution in [0.25, 0.3) is 0 Å². The quantitative estimate of drug-likeness (QED) is 0.749. The molecule has 1 atom stereocenters. The number of aliphatic hydroxyl groups excluding tert-OH is 2. The zero-order chi connectivity index (χ0) is 14.4. The maximum Gasteiger partial charge on any atom is 0.150 e. The highest BCUT2D eigenvalue weighted by molar-refractivity contribution is 5.57. The maximum atomic E-state index is 13.9. The van der Waals surface area contributed by atoms with Gasteiger partial charge in [0.25, 0.3) is 0 Å². The van der Waals surface area contributed by atoms with E-state index in [0.717, 1.165) is 25.7 Å². The third kappa shape index (κ3) is 4.08. The minimum atomic E-state index is -0.919. The van der Waals surface area contributed by atoms with Gasteiger partial charge in [0, 0.05) is 6.54 Å². The molecule has 1 aliphatic rings. The van der Waals surface area contributed by atoms with Gasteiger partial charge in [0.2, 0.25) is 0 Å². The van der Waals surface area contributed by atoms with Crippen molar-refractivity contribution in [2.75, 3.05) is 18.5 Å². The first-order chi connectivity index (χ1) is 9.70. The van der Waals surface area contributed by atoms with Gasteiger partial charge >= 0.3 is 0 Å². The van der Waals surface area contributed by atoms with Crippen LogP contribution in [0.4, 0.5) is 10.1 Å². The highest BCUT2D eigenvalue weighted by Crippen LogP contribution is 2.31. The van der Waals surface area contributed by atoms with Gasteiger partial charge < -0.3 is 20.3 Å². The van der Waals surface area contributed by atoms with Gasteiger partial charge in [-0.15, -0.1) is 0 Å². The molecule has 0 bridgehead atoms. The third-order valence-electron chi connectivity index (χ3n) is 3.55. The van der Waals surface area contributed by atoms with E-state index >= 15 is 0 Å². The fraction of sp³-hybridized carbons (Fsp3) is 0.600.